The number of nitrogens with zero attached hydrogens (tertiary/aromatic N) is 1. The molecule has 0 unspecified atom stereocenters. The largest absolute Gasteiger partial charge is 0.476 e. The van der Waals surface area contributed by atoms with Crippen LogP contribution in [0.15, 0.2) is 80.4 Å². The Hall–Kier alpha value is -3.49. The van der Waals surface area contributed by atoms with Crippen molar-refractivity contribution in [1.82, 2.24) is 4.98 Å². The number of carbonyl (C=O) groups excluding carboxylic acids is 1. The summed E-state index contributed by atoms with van der Waals surface area (Å²) < 4.78 is 13.6. The molecule has 0 fully saturated rings. The second-order valence-electron chi connectivity index (χ2n) is 7.42. The van der Waals surface area contributed by atoms with Crippen LogP contribution in [0.2, 0.25) is 0 Å². The lowest BCUT2D eigenvalue weighted by molar-refractivity contribution is -0.118. The molecule has 164 valence electrons. The van der Waals surface area contributed by atoms with Crippen LogP contribution in [0.3, 0.4) is 0 Å². The summed E-state index contributed by atoms with van der Waals surface area (Å²) in [5.41, 5.74) is 2.67. The van der Waals surface area contributed by atoms with Gasteiger partial charge in [0, 0.05) is 10.0 Å². The van der Waals surface area contributed by atoms with E-state index in [9.17, 15) is 9.59 Å². The van der Waals surface area contributed by atoms with Crippen LogP contribution < -0.4 is 15.5 Å². The Labute approximate surface area is 201 Å². The monoisotopic (exact) mass is 520 g/mol. The predicted molar refractivity (Wildman–Crippen MR) is 134 cm³/mol. The van der Waals surface area contributed by atoms with Gasteiger partial charge in [-0.2, -0.15) is 0 Å². The van der Waals surface area contributed by atoms with Crippen molar-refractivity contribution in [2.24, 2.45) is 0 Å². The maximum Gasteiger partial charge on any atom is 0.264 e. The highest BCUT2D eigenvalue weighted by Crippen LogP contribution is 2.31. The minimum Gasteiger partial charge on any atom is -0.476 e. The molecule has 0 bridgehead atoms. The molecular formula is C25H17BrN2O4S. The van der Waals surface area contributed by atoms with Gasteiger partial charge in [0.1, 0.15) is 5.58 Å². The highest BCUT2D eigenvalue weighted by Gasteiger charge is 2.19. The van der Waals surface area contributed by atoms with Crippen LogP contribution in [0.25, 0.3) is 32.5 Å². The van der Waals surface area contributed by atoms with E-state index in [1.807, 2.05) is 49.4 Å². The van der Waals surface area contributed by atoms with Gasteiger partial charge in [0.25, 0.3) is 5.91 Å². The zero-order valence-electron chi connectivity index (χ0n) is 17.4. The molecule has 1 amide bonds. The molecule has 5 rings (SSSR count). The molecule has 33 heavy (non-hydrogen) atoms. The molecule has 0 aliphatic heterocycles. The standard InChI is InChI=1S/C25H17BrN2O4S/c1-14-6-8-15(9-7-14)23-24(22(30)17-4-2-3-5-19(17)32-23)31-13-21(29)28-25-27-18-12-16(26)10-11-20(18)33-25/h2-12H,13H2,1H3,(H,27,28,29). The fourth-order valence-electron chi connectivity index (χ4n) is 3.40. The summed E-state index contributed by atoms with van der Waals surface area (Å²) in [5.74, 6) is -0.132. The van der Waals surface area contributed by atoms with Gasteiger partial charge >= 0.3 is 0 Å². The van der Waals surface area contributed by atoms with Gasteiger partial charge in [-0.25, -0.2) is 4.98 Å². The second-order valence-corrected chi connectivity index (χ2v) is 9.37. The van der Waals surface area contributed by atoms with Gasteiger partial charge in [-0.3, -0.25) is 14.9 Å². The number of rotatable bonds is 5. The van der Waals surface area contributed by atoms with Gasteiger partial charge in [-0.1, -0.05) is 69.2 Å². The summed E-state index contributed by atoms with van der Waals surface area (Å²) in [6.45, 7) is 1.62. The van der Waals surface area contributed by atoms with E-state index in [4.69, 9.17) is 9.15 Å². The lowest BCUT2D eigenvalue weighted by Gasteiger charge is -2.11. The number of carbonyl (C=O) groups is 1. The quantitative estimate of drug-likeness (QED) is 0.300. The van der Waals surface area contributed by atoms with Crippen LogP contribution in [-0.4, -0.2) is 17.5 Å². The molecule has 2 heterocycles. The Morgan fingerprint density at radius 1 is 1.12 bits per heavy atom. The summed E-state index contributed by atoms with van der Waals surface area (Å²) in [4.78, 5) is 30.2. The number of ether oxygens (including phenoxy) is 1. The van der Waals surface area contributed by atoms with E-state index >= 15 is 0 Å². The van der Waals surface area contributed by atoms with Crippen LogP contribution in [-0.2, 0) is 4.79 Å². The number of aromatic nitrogens is 1. The average molecular weight is 521 g/mol. The lowest BCUT2D eigenvalue weighted by Crippen LogP contribution is -2.22. The van der Waals surface area contributed by atoms with Crippen molar-refractivity contribution < 1.29 is 13.9 Å². The van der Waals surface area contributed by atoms with Gasteiger partial charge in [-0.05, 0) is 37.3 Å². The van der Waals surface area contributed by atoms with Crippen molar-refractivity contribution in [2.75, 3.05) is 11.9 Å². The van der Waals surface area contributed by atoms with E-state index in [1.165, 1.54) is 11.3 Å². The van der Waals surface area contributed by atoms with E-state index in [1.54, 1.807) is 24.3 Å². The number of hydrogen-bond acceptors (Lipinski definition) is 6. The minimum atomic E-state index is -0.421. The average Bonchev–Trinajstić information content (AvgIpc) is 3.20. The van der Waals surface area contributed by atoms with Crippen LogP contribution in [0.4, 0.5) is 5.13 Å². The molecule has 0 saturated heterocycles. The Morgan fingerprint density at radius 3 is 2.73 bits per heavy atom. The molecule has 0 spiro atoms. The Balaban J connectivity index is 1.44. The highest BCUT2D eigenvalue weighted by atomic mass is 79.9. The van der Waals surface area contributed by atoms with Crippen molar-refractivity contribution in [3.8, 4) is 17.1 Å². The third-order valence-electron chi connectivity index (χ3n) is 5.01. The molecular weight excluding hydrogens is 504 g/mol. The first kappa shape index (κ1) is 21.4. The first-order valence-electron chi connectivity index (χ1n) is 10.1. The lowest BCUT2D eigenvalue weighted by atomic mass is 10.1. The molecule has 0 aliphatic carbocycles. The van der Waals surface area contributed by atoms with Crippen LogP contribution in [0.1, 0.15) is 5.56 Å². The Bertz CT molecular complexity index is 1560. The van der Waals surface area contributed by atoms with Crippen molar-refractivity contribution in [2.45, 2.75) is 6.92 Å². The molecule has 3 aromatic carbocycles. The molecule has 8 heteroatoms. The molecule has 1 N–H and O–H groups in total. The SMILES string of the molecule is Cc1ccc(-c2oc3ccccc3c(=O)c2OCC(=O)Nc2nc3cc(Br)ccc3s2)cc1. The van der Waals surface area contributed by atoms with E-state index in [0.29, 0.717) is 21.7 Å². The van der Waals surface area contributed by atoms with Gasteiger partial charge in [-0.15, -0.1) is 0 Å². The number of halogens is 1. The smallest absolute Gasteiger partial charge is 0.264 e. The number of hydrogen-bond donors (Lipinski definition) is 1. The van der Waals surface area contributed by atoms with Crippen LogP contribution >= 0.6 is 27.3 Å². The fraction of sp³-hybridized carbons (Fsp3) is 0.0800. The number of thiazole rings is 1. The minimum absolute atomic E-state index is 0.000864. The number of para-hydroxylation sites is 1. The number of amides is 1. The maximum absolute atomic E-state index is 13.2. The Morgan fingerprint density at radius 2 is 1.91 bits per heavy atom. The van der Waals surface area contributed by atoms with Gasteiger partial charge < -0.3 is 9.15 Å². The summed E-state index contributed by atoms with van der Waals surface area (Å²) in [6, 6.07) is 20.2. The Kier molecular flexibility index (Phi) is 5.70. The van der Waals surface area contributed by atoms with E-state index in [-0.39, 0.29) is 23.5 Å². The second kappa shape index (κ2) is 8.80. The zero-order chi connectivity index (χ0) is 22.9. The molecule has 6 nitrogen and oxygen atoms in total. The van der Waals surface area contributed by atoms with E-state index < -0.39 is 5.91 Å². The maximum atomic E-state index is 13.2. The molecule has 5 aromatic rings. The molecule has 2 aromatic heterocycles. The number of aryl methyl sites for hydroxylation is 1. The van der Waals surface area contributed by atoms with Gasteiger partial charge in [0.05, 0.1) is 15.6 Å². The third-order valence-corrected chi connectivity index (χ3v) is 6.46. The fourth-order valence-corrected chi connectivity index (χ4v) is 4.61. The normalized spacial score (nSPS) is 11.1. The number of fused-ring (bicyclic) bond motifs is 2. The van der Waals surface area contributed by atoms with Gasteiger partial charge in [0.2, 0.25) is 11.2 Å². The summed E-state index contributed by atoms with van der Waals surface area (Å²) >= 11 is 4.78. The zero-order valence-corrected chi connectivity index (χ0v) is 19.8. The van der Waals surface area contributed by atoms with Crippen molar-refractivity contribution in [3.63, 3.8) is 0 Å². The number of benzene rings is 3. The summed E-state index contributed by atoms with van der Waals surface area (Å²) in [5, 5.41) is 3.59. The number of nitrogens with one attached hydrogen (secondary N) is 1. The van der Waals surface area contributed by atoms with E-state index in [2.05, 4.69) is 26.2 Å². The first-order valence-corrected chi connectivity index (χ1v) is 11.7. The molecule has 0 radical (unpaired) electrons. The molecule has 0 aliphatic rings. The van der Waals surface area contributed by atoms with Crippen molar-refractivity contribution in [3.05, 3.63) is 87.0 Å². The highest BCUT2D eigenvalue weighted by molar-refractivity contribution is 9.10. The topological polar surface area (TPSA) is 81.4 Å². The summed E-state index contributed by atoms with van der Waals surface area (Å²) in [6.07, 6.45) is 0. The predicted octanol–water partition coefficient (Wildman–Crippen LogP) is 6.16. The number of anilines is 1. The molecule has 0 saturated carbocycles. The van der Waals surface area contributed by atoms with E-state index in [0.717, 1.165) is 20.3 Å². The third kappa shape index (κ3) is 4.40. The van der Waals surface area contributed by atoms with Gasteiger partial charge in [0.15, 0.2) is 17.5 Å². The van der Waals surface area contributed by atoms with Crippen molar-refractivity contribution in [1.29, 1.82) is 0 Å². The molecule has 0 atom stereocenters. The van der Waals surface area contributed by atoms with Crippen LogP contribution in [0.5, 0.6) is 5.75 Å². The van der Waals surface area contributed by atoms with Crippen LogP contribution in [0, 0.1) is 6.92 Å². The first-order chi connectivity index (χ1) is 16.0. The summed E-state index contributed by atoms with van der Waals surface area (Å²) in [7, 11) is 0. The van der Waals surface area contributed by atoms with Crippen molar-refractivity contribution >= 4 is 59.5 Å².